The second-order valence-corrected chi connectivity index (χ2v) is 7.73. The third-order valence-electron chi connectivity index (χ3n) is 6.29. The molecule has 0 bridgehead atoms. The Labute approximate surface area is 170 Å². The first-order valence-electron chi connectivity index (χ1n) is 10.1. The van der Waals surface area contributed by atoms with E-state index in [1.54, 1.807) is 6.07 Å². The Morgan fingerprint density at radius 2 is 1.70 bits per heavy atom. The molecule has 0 aliphatic carbocycles. The molecule has 6 heteroatoms. The Hall–Kier alpha value is -3.67. The zero-order valence-corrected chi connectivity index (χ0v) is 16.5. The molecular weight excluding hydrogens is 381 g/mol. The lowest BCUT2D eigenvalue weighted by atomic mass is 9.96. The average Bonchev–Trinajstić information content (AvgIpc) is 3.36. The van der Waals surface area contributed by atoms with Gasteiger partial charge in [-0.2, -0.15) is 0 Å². The molecule has 0 saturated carbocycles. The number of para-hydroxylation sites is 1. The van der Waals surface area contributed by atoms with E-state index in [4.69, 9.17) is 0 Å². The van der Waals surface area contributed by atoms with Crippen LogP contribution < -0.4 is 5.32 Å². The van der Waals surface area contributed by atoms with E-state index in [0.717, 1.165) is 39.1 Å². The maximum atomic E-state index is 13.9. The molecule has 0 spiro atoms. The molecule has 2 N–H and O–H groups in total. The molecular formula is C24H18FN3O2. The number of carbonyl (C=O) groups is 2. The van der Waals surface area contributed by atoms with Gasteiger partial charge in [0.1, 0.15) is 5.82 Å². The number of hydrogen-bond acceptors (Lipinski definition) is 2. The van der Waals surface area contributed by atoms with Gasteiger partial charge in [-0.25, -0.2) is 4.39 Å². The van der Waals surface area contributed by atoms with Crippen molar-refractivity contribution in [1.82, 2.24) is 14.9 Å². The molecule has 2 amide bonds. The molecule has 5 nitrogen and oxygen atoms in total. The molecule has 0 atom stereocenters. The van der Waals surface area contributed by atoms with Gasteiger partial charge >= 0.3 is 0 Å². The van der Waals surface area contributed by atoms with Gasteiger partial charge < -0.3 is 9.55 Å². The summed E-state index contributed by atoms with van der Waals surface area (Å²) < 4.78 is 16.1. The summed E-state index contributed by atoms with van der Waals surface area (Å²) >= 11 is 0. The highest BCUT2D eigenvalue weighted by molar-refractivity contribution is 6.39. The summed E-state index contributed by atoms with van der Waals surface area (Å²) in [6, 6.07) is 10.6. The van der Waals surface area contributed by atoms with E-state index in [0.29, 0.717) is 28.6 Å². The Morgan fingerprint density at radius 1 is 0.933 bits per heavy atom. The minimum Gasteiger partial charge on any atom is -0.353 e. The molecule has 0 radical (unpaired) electrons. The molecule has 0 fully saturated rings. The molecule has 148 valence electrons. The average molecular weight is 399 g/mol. The van der Waals surface area contributed by atoms with Crippen LogP contribution in [0.1, 0.15) is 40.1 Å². The van der Waals surface area contributed by atoms with Gasteiger partial charge in [-0.05, 0) is 37.1 Å². The lowest BCUT2D eigenvalue weighted by Crippen LogP contribution is -2.20. The highest BCUT2D eigenvalue weighted by atomic mass is 19.1. The van der Waals surface area contributed by atoms with E-state index < -0.39 is 5.91 Å². The normalized spacial score (nSPS) is 13.8. The minimum absolute atomic E-state index is 0.355. The summed E-state index contributed by atoms with van der Waals surface area (Å²) in [7, 11) is 0. The summed E-state index contributed by atoms with van der Waals surface area (Å²) in [6.07, 6.45) is 0.849. The molecule has 1 aliphatic heterocycles. The first-order chi connectivity index (χ1) is 14.5. The maximum Gasteiger partial charge on any atom is 0.259 e. The fraction of sp³-hybridized carbons (Fsp3) is 0.167. The highest BCUT2D eigenvalue weighted by Gasteiger charge is 2.35. The molecule has 1 aliphatic rings. The number of fused-ring (bicyclic) bond motifs is 10. The van der Waals surface area contributed by atoms with Crippen molar-refractivity contribution < 1.29 is 14.0 Å². The van der Waals surface area contributed by atoms with Crippen LogP contribution in [0.2, 0.25) is 0 Å². The van der Waals surface area contributed by atoms with Crippen LogP contribution in [0.25, 0.3) is 43.6 Å². The number of aromatic amines is 1. The smallest absolute Gasteiger partial charge is 0.259 e. The lowest BCUT2D eigenvalue weighted by molar-refractivity contribution is 0.0880. The predicted molar refractivity (Wildman–Crippen MR) is 116 cm³/mol. The summed E-state index contributed by atoms with van der Waals surface area (Å²) in [5, 5.41) is 5.62. The molecule has 0 saturated heterocycles. The van der Waals surface area contributed by atoms with Crippen LogP contribution in [-0.2, 0) is 13.0 Å². The second kappa shape index (κ2) is 5.69. The standard InChI is InChI=1S/C24H18FN3O2/c1-3-11-6-5-7-14-17-19-18(23(29)27-24(19)30)16-13-9-8-12(25)10-15(13)26-20(16)22(17)28(4-2)21(11)14/h5-10,26H,3-4H2,1-2H3,(H,27,29,30). The highest BCUT2D eigenvalue weighted by Crippen LogP contribution is 2.44. The van der Waals surface area contributed by atoms with Gasteiger partial charge in [0.15, 0.2) is 0 Å². The molecule has 6 rings (SSSR count). The minimum atomic E-state index is -0.406. The SMILES string of the molecule is CCc1cccc2c3c4c(c5c6ccc(F)cc6[nH]c5c3n(CC)c12)C(=O)NC4=O. The van der Waals surface area contributed by atoms with Crippen LogP contribution in [-0.4, -0.2) is 21.4 Å². The van der Waals surface area contributed by atoms with E-state index in [1.807, 2.05) is 12.1 Å². The van der Waals surface area contributed by atoms with Crippen LogP contribution in [0, 0.1) is 5.82 Å². The zero-order chi connectivity index (χ0) is 20.7. The number of H-pyrrole nitrogens is 1. The van der Waals surface area contributed by atoms with Crippen molar-refractivity contribution in [1.29, 1.82) is 0 Å². The van der Waals surface area contributed by atoms with E-state index >= 15 is 0 Å². The quantitative estimate of drug-likeness (QED) is 0.409. The van der Waals surface area contributed by atoms with Gasteiger partial charge in [0.05, 0.1) is 27.7 Å². The van der Waals surface area contributed by atoms with Crippen molar-refractivity contribution in [3.8, 4) is 0 Å². The molecule has 5 aromatic rings. The Morgan fingerprint density at radius 3 is 2.43 bits per heavy atom. The van der Waals surface area contributed by atoms with Gasteiger partial charge in [0.25, 0.3) is 11.8 Å². The first kappa shape index (κ1) is 17.2. The van der Waals surface area contributed by atoms with Crippen molar-refractivity contribution >= 4 is 55.4 Å². The zero-order valence-electron chi connectivity index (χ0n) is 16.5. The van der Waals surface area contributed by atoms with Crippen molar-refractivity contribution in [3.63, 3.8) is 0 Å². The van der Waals surface area contributed by atoms with Crippen molar-refractivity contribution in [3.05, 3.63) is 58.9 Å². The monoisotopic (exact) mass is 399 g/mol. The van der Waals surface area contributed by atoms with Gasteiger partial charge in [-0.1, -0.05) is 25.1 Å². The first-order valence-corrected chi connectivity index (χ1v) is 10.1. The largest absolute Gasteiger partial charge is 0.353 e. The second-order valence-electron chi connectivity index (χ2n) is 7.73. The Balaban J connectivity index is 2.02. The number of imide groups is 1. The van der Waals surface area contributed by atoms with Crippen molar-refractivity contribution in [2.24, 2.45) is 0 Å². The van der Waals surface area contributed by atoms with E-state index in [2.05, 4.69) is 34.8 Å². The third kappa shape index (κ3) is 1.91. The van der Waals surface area contributed by atoms with Crippen LogP contribution >= 0.6 is 0 Å². The molecule has 3 aromatic carbocycles. The molecule has 2 aromatic heterocycles. The fourth-order valence-corrected chi connectivity index (χ4v) is 5.14. The number of aromatic nitrogens is 2. The number of carbonyl (C=O) groups excluding carboxylic acids is 2. The van der Waals surface area contributed by atoms with Crippen LogP contribution in [0.5, 0.6) is 0 Å². The number of nitrogens with one attached hydrogen (secondary N) is 2. The number of nitrogens with zero attached hydrogens (tertiary/aromatic N) is 1. The predicted octanol–water partition coefficient (Wildman–Crippen LogP) is 5.03. The van der Waals surface area contributed by atoms with E-state index in [1.165, 1.54) is 17.7 Å². The molecule has 0 unspecified atom stereocenters. The van der Waals surface area contributed by atoms with E-state index in [-0.39, 0.29) is 11.7 Å². The summed E-state index contributed by atoms with van der Waals surface area (Å²) in [5.41, 5.74) is 5.28. The fourth-order valence-electron chi connectivity index (χ4n) is 5.14. The number of benzene rings is 3. The van der Waals surface area contributed by atoms with Crippen molar-refractivity contribution in [2.75, 3.05) is 0 Å². The van der Waals surface area contributed by atoms with Gasteiger partial charge in [0.2, 0.25) is 0 Å². The number of amides is 2. The Kier molecular flexibility index (Phi) is 3.26. The third-order valence-corrected chi connectivity index (χ3v) is 6.29. The number of aryl methyl sites for hydroxylation is 2. The van der Waals surface area contributed by atoms with Crippen LogP contribution in [0.3, 0.4) is 0 Å². The molecule has 30 heavy (non-hydrogen) atoms. The summed E-state index contributed by atoms with van der Waals surface area (Å²) in [6.45, 7) is 4.87. The summed E-state index contributed by atoms with van der Waals surface area (Å²) in [5.74, 6) is -1.14. The van der Waals surface area contributed by atoms with Gasteiger partial charge in [-0.15, -0.1) is 0 Å². The maximum absolute atomic E-state index is 13.9. The molecule has 3 heterocycles. The lowest BCUT2D eigenvalue weighted by Gasteiger charge is -2.08. The topological polar surface area (TPSA) is 66.9 Å². The number of rotatable bonds is 2. The van der Waals surface area contributed by atoms with Gasteiger partial charge in [0, 0.05) is 33.6 Å². The van der Waals surface area contributed by atoms with Crippen molar-refractivity contribution in [2.45, 2.75) is 26.8 Å². The number of hydrogen-bond donors (Lipinski definition) is 2. The number of halogens is 1. The Bertz CT molecular complexity index is 1590. The van der Waals surface area contributed by atoms with Gasteiger partial charge in [-0.3, -0.25) is 14.9 Å². The van der Waals surface area contributed by atoms with Crippen LogP contribution in [0.4, 0.5) is 4.39 Å². The van der Waals surface area contributed by atoms with E-state index in [9.17, 15) is 14.0 Å². The van der Waals surface area contributed by atoms with Crippen LogP contribution in [0.15, 0.2) is 36.4 Å². The summed E-state index contributed by atoms with van der Waals surface area (Å²) in [4.78, 5) is 29.1.